The van der Waals surface area contributed by atoms with Crippen molar-refractivity contribution in [2.24, 2.45) is 23.7 Å². The number of carbonyl (C=O) groups excluding carboxylic acids is 1. The third-order valence-electron chi connectivity index (χ3n) is 6.68. The van der Waals surface area contributed by atoms with Crippen molar-refractivity contribution in [2.75, 3.05) is 0 Å². The van der Waals surface area contributed by atoms with Gasteiger partial charge < -0.3 is 5.32 Å². The second-order valence-corrected chi connectivity index (χ2v) is 8.65. The minimum Gasteiger partial charge on any atom is -0.352 e. The standard InChI is InChI=1S/C20H25F2NO/c1-20(2,17-15(21)4-3-5-16(17)22)19(24)23-18-13-7-11-6-12(9-13)10-14(18)8-11/h3-5,11-14,18H,6-10H2,1-2H3,(H,23,24). The summed E-state index contributed by atoms with van der Waals surface area (Å²) in [5, 5.41) is 3.18. The van der Waals surface area contributed by atoms with Crippen molar-refractivity contribution >= 4 is 5.91 Å². The van der Waals surface area contributed by atoms with Gasteiger partial charge in [0.1, 0.15) is 11.6 Å². The molecule has 1 N–H and O–H groups in total. The molecule has 4 fully saturated rings. The second-order valence-electron chi connectivity index (χ2n) is 8.65. The summed E-state index contributed by atoms with van der Waals surface area (Å²) in [5.74, 6) is 1.19. The molecule has 0 aliphatic heterocycles. The van der Waals surface area contributed by atoms with E-state index in [0.717, 1.165) is 11.8 Å². The fraction of sp³-hybridized carbons (Fsp3) is 0.650. The van der Waals surface area contributed by atoms with Crippen molar-refractivity contribution in [1.29, 1.82) is 0 Å². The van der Waals surface area contributed by atoms with E-state index < -0.39 is 17.0 Å². The van der Waals surface area contributed by atoms with Crippen LogP contribution in [0.5, 0.6) is 0 Å². The molecule has 5 rings (SSSR count). The Kier molecular flexibility index (Phi) is 3.70. The first-order chi connectivity index (χ1) is 11.4. The Hall–Kier alpha value is -1.45. The van der Waals surface area contributed by atoms with Gasteiger partial charge in [0.25, 0.3) is 0 Å². The molecule has 0 heterocycles. The van der Waals surface area contributed by atoms with Crippen molar-refractivity contribution in [1.82, 2.24) is 5.32 Å². The van der Waals surface area contributed by atoms with Crippen LogP contribution in [0.25, 0.3) is 0 Å². The van der Waals surface area contributed by atoms with Gasteiger partial charge in [0.15, 0.2) is 0 Å². The van der Waals surface area contributed by atoms with Gasteiger partial charge in [-0.25, -0.2) is 8.78 Å². The molecule has 2 nitrogen and oxygen atoms in total. The summed E-state index contributed by atoms with van der Waals surface area (Å²) in [6.45, 7) is 3.22. The number of benzene rings is 1. The predicted molar refractivity (Wildman–Crippen MR) is 88.4 cm³/mol. The van der Waals surface area contributed by atoms with Crippen LogP contribution < -0.4 is 5.32 Å². The van der Waals surface area contributed by atoms with Crippen LogP contribution in [0.3, 0.4) is 0 Å². The molecule has 1 aromatic carbocycles. The van der Waals surface area contributed by atoms with E-state index in [1.807, 2.05) is 0 Å². The molecule has 1 amide bonds. The fourth-order valence-electron chi connectivity index (χ4n) is 5.70. The number of hydrogen-bond acceptors (Lipinski definition) is 1. The topological polar surface area (TPSA) is 29.1 Å². The molecule has 4 saturated carbocycles. The lowest BCUT2D eigenvalue weighted by Crippen LogP contribution is -2.58. The number of nitrogens with one attached hydrogen (secondary N) is 1. The lowest BCUT2D eigenvalue weighted by atomic mass is 9.54. The Morgan fingerprint density at radius 1 is 1.00 bits per heavy atom. The third-order valence-corrected chi connectivity index (χ3v) is 6.68. The molecule has 24 heavy (non-hydrogen) atoms. The third kappa shape index (κ3) is 2.46. The molecule has 130 valence electrons. The van der Waals surface area contributed by atoms with Gasteiger partial charge in [-0.3, -0.25) is 4.79 Å². The first-order valence-corrected chi connectivity index (χ1v) is 9.11. The molecule has 0 radical (unpaired) electrons. The van der Waals surface area contributed by atoms with Crippen LogP contribution in [-0.2, 0) is 10.2 Å². The maximum atomic E-state index is 14.2. The van der Waals surface area contributed by atoms with Crippen LogP contribution in [-0.4, -0.2) is 11.9 Å². The Morgan fingerprint density at radius 3 is 2.00 bits per heavy atom. The highest BCUT2D eigenvalue weighted by atomic mass is 19.1. The average Bonchev–Trinajstić information content (AvgIpc) is 2.49. The van der Waals surface area contributed by atoms with Gasteiger partial charge in [0.2, 0.25) is 5.91 Å². The van der Waals surface area contributed by atoms with E-state index in [1.54, 1.807) is 13.8 Å². The smallest absolute Gasteiger partial charge is 0.230 e. The predicted octanol–water partition coefficient (Wildman–Crippen LogP) is 4.18. The zero-order valence-corrected chi connectivity index (χ0v) is 14.3. The average molecular weight is 333 g/mol. The van der Waals surface area contributed by atoms with Gasteiger partial charge in [0.05, 0.1) is 5.41 Å². The molecule has 0 aromatic heterocycles. The monoisotopic (exact) mass is 333 g/mol. The molecule has 4 bridgehead atoms. The van der Waals surface area contributed by atoms with Crippen LogP contribution in [0.15, 0.2) is 18.2 Å². The molecule has 4 heteroatoms. The SMILES string of the molecule is CC(C)(C(=O)NC1C2CC3CC(C2)CC1C3)c1c(F)cccc1F. The van der Waals surface area contributed by atoms with E-state index in [0.29, 0.717) is 11.8 Å². The van der Waals surface area contributed by atoms with Crippen LogP contribution in [0.1, 0.15) is 51.5 Å². The van der Waals surface area contributed by atoms with E-state index in [2.05, 4.69) is 5.32 Å². The van der Waals surface area contributed by atoms with Gasteiger partial charge in [-0.05, 0) is 81.8 Å². The first-order valence-electron chi connectivity index (χ1n) is 9.11. The molecule has 0 atom stereocenters. The van der Waals surface area contributed by atoms with E-state index in [4.69, 9.17) is 0 Å². The molecule has 0 spiro atoms. The van der Waals surface area contributed by atoms with E-state index >= 15 is 0 Å². The summed E-state index contributed by atoms with van der Waals surface area (Å²) in [4.78, 5) is 12.9. The Bertz CT molecular complexity index is 621. The number of carbonyl (C=O) groups is 1. The zero-order valence-electron chi connectivity index (χ0n) is 14.3. The summed E-state index contributed by atoms with van der Waals surface area (Å²) >= 11 is 0. The molecule has 0 unspecified atom stereocenters. The molecule has 4 aliphatic rings. The van der Waals surface area contributed by atoms with Crippen molar-refractivity contribution < 1.29 is 13.6 Å². The lowest BCUT2D eigenvalue weighted by molar-refractivity contribution is -0.129. The minimum atomic E-state index is -1.22. The van der Waals surface area contributed by atoms with Gasteiger partial charge in [0, 0.05) is 11.6 Å². The van der Waals surface area contributed by atoms with E-state index in [-0.39, 0.29) is 17.5 Å². The summed E-state index contributed by atoms with van der Waals surface area (Å²) in [7, 11) is 0. The van der Waals surface area contributed by atoms with Crippen LogP contribution in [0, 0.1) is 35.3 Å². The van der Waals surface area contributed by atoms with Crippen molar-refractivity contribution in [3.05, 3.63) is 35.4 Å². The highest BCUT2D eigenvalue weighted by Crippen LogP contribution is 2.53. The van der Waals surface area contributed by atoms with Crippen molar-refractivity contribution in [2.45, 2.75) is 57.4 Å². The number of hydrogen-bond donors (Lipinski definition) is 1. The largest absolute Gasteiger partial charge is 0.352 e. The minimum absolute atomic E-state index is 0.133. The highest BCUT2D eigenvalue weighted by molar-refractivity contribution is 5.87. The van der Waals surface area contributed by atoms with Gasteiger partial charge in [-0.2, -0.15) is 0 Å². The van der Waals surface area contributed by atoms with Crippen LogP contribution >= 0.6 is 0 Å². The maximum absolute atomic E-state index is 14.2. The molecule has 0 saturated heterocycles. The fourth-order valence-corrected chi connectivity index (χ4v) is 5.70. The molecule has 1 aromatic rings. The molecule has 4 aliphatic carbocycles. The van der Waals surface area contributed by atoms with Crippen molar-refractivity contribution in [3.8, 4) is 0 Å². The zero-order chi connectivity index (χ0) is 17.1. The van der Waals surface area contributed by atoms with Gasteiger partial charge >= 0.3 is 0 Å². The van der Waals surface area contributed by atoms with Crippen LogP contribution in [0.4, 0.5) is 8.78 Å². The summed E-state index contributed by atoms with van der Waals surface area (Å²) < 4.78 is 28.3. The summed E-state index contributed by atoms with van der Waals surface area (Å²) in [6.07, 6.45) is 6.16. The molecular formula is C20H25F2NO. The van der Waals surface area contributed by atoms with E-state index in [9.17, 15) is 13.6 Å². The lowest BCUT2D eigenvalue weighted by Gasteiger charge is -2.54. The Balaban J connectivity index is 1.55. The highest BCUT2D eigenvalue weighted by Gasteiger charge is 2.49. The normalized spacial score (nSPS) is 34.4. The Morgan fingerprint density at radius 2 is 1.50 bits per heavy atom. The van der Waals surface area contributed by atoms with Crippen molar-refractivity contribution in [3.63, 3.8) is 0 Å². The van der Waals surface area contributed by atoms with Gasteiger partial charge in [-0.15, -0.1) is 0 Å². The summed E-state index contributed by atoms with van der Waals surface area (Å²) in [6, 6.07) is 3.95. The first kappa shape index (κ1) is 16.0. The van der Waals surface area contributed by atoms with E-state index in [1.165, 1.54) is 50.3 Å². The van der Waals surface area contributed by atoms with Crippen LogP contribution in [0.2, 0.25) is 0 Å². The quantitative estimate of drug-likeness (QED) is 0.883. The number of amides is 1. The maximum Gasteiger partial charge on any atom is 0.230 e. The Labute approximate surface area is 142 Å². The number of rotatable bonds is 3. The summed E-state index contributed by atoms with van der Waals surface area (Å²) in [5.41, 5.74) is -1.35. The van der Waals surface area contributed by atoms with Gasteiger partial charge in [-0.1, -0.05) is 6.07 Å². The number of halogens is 2. The molecular weight excluding hydrogens is 308 g/mol. The second kappa shape index (κ2) is 5.53.